The minimum Gasteiger partial charge on any atom is -0.481 e. The third-order valence-corrected chi connectivity index (χ3v) is 5.82. The molecule has 11 heteroatoms. The molecule has 0 fully saturated rings. The number of pyridine rings is 1. The van der Waals surface area contributed by atoms with Gasteiger partial charge in [-0.15, -0.1) is 5.10 Å². The summed E-state index contributed by atoms with van der Waals surface area (Å²) in [4.78, 5) is 25.2. The van der Waals surface area contributed by atoms with E-state index in [0.717, 1.165) is 11.3 Å². The summed E-state index contributed by atoms with van der Waals surface area (Å²) in [6.45, 7) is 5.07. The molecule has 4 aromatic rings. The van der Waals surface area contributed by atoms with Gasteiger partial charge in [-0.2, -0.15) is 5.26 Å². The predicted octanol–water partition coefficient (Wildman–Crippen LogP) is 3.53. The van der Waals surface area contributed by atoms with Gasteiger partial charge in [0.05, 0.1) is 54.5 Å². The van der Waals surface area contributed by atoms with Crippen LogP contribution in [0.15, 0.2) is 54.7 Å². The van der Waals surface area contributed by atoms with E-state index in [0.29, 0.717) is 54.0 Å². The van der Waals surface area contributed by atoms with Crippen molar-refractivity contribution in [3.05, 3.63) is 71.7 Å². The summed E-state index contributed by atoms with van der Waals surface area (Å²) < 4.78 is 6.77. The van der Waals surface area contributed by atoms with E-state index in [2.05, 4.69) is 36.7 Å². The van der Waals surface area contributed by atoms with Crippen LogP contribution in [-0.2, 0) is 21.5 Å². The van der Waals surface area contributed by atoms with E-state index in [9.17, 15) is 15.2 Å². The normalized spacial score (nSPS) is 11.2. The zero-order valence-electron chi connectivity index (χ0n) is 21.4. The molecule has 0 saturated carbocycles. The molecule has 0 radical (unpaired) electrons. The molecule has 4 rings (SSSR count). The number of rotatable bonds is 11. The van der Waals surface area contributed by atoms with E-state index >= 15 is 0 Å². The molecule has 3 heterocycles. The Balaban J connectivity index is 1.62. The molecule has 0 aliphatic carbocycles. The lowest BCUT2D eigenvalue weighted by atomic mass is 9.85. The Bertz CT molecular complexity index is 1480. The van der Waals surface area contributed by atoms with Gasteiger partial charge in [0.1, 0.15) is 5.69 Å². The van der Waals surface area contributed by atoms with Crippen LogP contribution in [0.4, 0.5) is 5.95 Å². The van der Waals surface area contributed by atoms with E-state index in [4.69, 9.17) is 4.74 Å². The fourth-order valence-electron chi connectivity index (χ4n) is 3.89. The third kappa shape index (κ3) is 6.54. The SMILES string of the molecule is COCCNc1nc(-c2cccc(C#N)c2)cc(-c2cn(Cc3cccc(C(C)(C)CC(=O)O)n3)nn2)n1. The van der Waals surface area contributed by atoms with Gasteiger partial charge < -0.3 is 15.2 Å². The van der Waals surface area contributed by atoms with E-state index in [1.54, 1.807) is 36.2 Å². The second kappa shape index (κ2) is 11.6. The summed E-state index contributed by atoms with van der Waals surface area (Å²) in [6.07, 6.45) is 1.75. The molecule has 11 nitrogen and oxygen atoms in total. The Hall–Kier alpha value is -4.69. The summed E-state index contributed by atoms with van der Waals surface area (Å²) in [7, 11) is 1.62. The quantitative estimate of drug-likeness (QED) is 0.285. The molecule has 0 spiro atoms. The molecule has 3 aromatic heterocycles. The first-order valence-electron chi connectivity index (χ1n) is 12.0. The van der Waals surface area contributed by atoms with Gasteiger partial charge in [-0.25, -0.2) is 14.6 Å². The number of nitrogens with one attached hydrogen (secondary N) is 1. The number of aliphatic carboxylic acids is 1. The lowest BCUT2D eigenvalue weighted by Gasteiger charge is -2.22. The molecule has 0 atom stereocenters. The molecule has 1 aromatic carbocycles. The number of carboxylic acid groups (broad SMARTS) is 1. The van der Waals surface area contributed by atoms with Gasteiger partial charge in [0.2, 0.25) is 5.95 Å². The number of hydrogen-bond donors (Lipinski definition) is 2. The molecule has 0 aliphatic heterocycles. The highest BCUT2D eigenvalue weighted by Crippen LogP contribution is 2.27. The van der Waals surface area contributed by atoms with Crippen LogP contribution < -0.4 is 5.32 Å². The van der Waals surface area contributed by atoms with Crippen LogP contribution in [0.1, 0.15) is 37.2 Å². The van der Waals surface area contributed by atoms with Gasteiger partial charge in [-0.05, 0) is 30.3 Å². The lowest BCUT2D eigenvalue weighted by Crippen LogP contribution is -2.23. The Labute approximate surface area is 220 Å². The topological polar surface area (TPSA) is 152 Å². The summed E-state index contributed by atoms with van der Waals surface area (Å²) in [5.74, 6) is -0.468. The van der Waals surface area contributed by atoms with Crippen molar-refractivity contribution in [2.24, 2.45) is 0 Å². The van der Waals surface area contributed by atoms with E-state index in [1.165, 1.54) is 0 Å². The highest BCUT2D eigenvalue weighted by molar-refractivity contribution is 5.69. The molecule has 38 heavy (non-hydrogen) atoms. The minimum absolute atomic E-state index is 0.0228. The lowest BCUT2D eigenvalue weighted by molar-refractivity contribution is -0.138. The van der Waals surface area contributed by atoms with Crippen LogP contribution in [0.25, 0.3) is 22.6 Å². The summed E-state index contributed by atoms with van der Waals surface area (Å²) in [6, 6.07) is 16.7. The number of carboxylic acids is 1. The smallest absolute Gasteiger partial charge is 0.304 e. The Morgan fingerprint density at radius 1 is 1.11 bits per heavy atom. The molecule has 0 amide bonds. The van der Waals surface area contributed by atoms with Crippen molar-refractivity contribution in [1.29, 1.82) is 5.26 Å². The highest BCUT2D eigenvalue weighted by Gasteiger charge is 2.26. The average molecular weight is 513 g/mol. The molecule has 2 N–H and O–H groups in total. The maximum atomic E-state index is 11.3. The number of aromatic nitrogens is 6. The number of anilines is 1. The first kappa shape index (κ1) is 26.4. The number of benzene rings is 1. The van der Waals surface area contributed by atoms with Crippen LogP contribution in [0.2, 0.25) is 0 Å². The van der Waals surface area contributed by atoms with Crippen LogP contribution in [0.3, 0.4) is 0 Å². The van der Waals surface area contributed by atoms with Gasteiger partial charge >= 0.3 is 5.97 Å². The first-order valence-corrected chi connectivity index (χ1v) is 12.0. The number of nitriles is 1. The largest absolute Gasteiger partial charge is 0.481 e. The van der Waals surface area contributed by atoms with Crippen molar-refractivity contribution in [2.45, 2.75) is 32.2 Å². The molecular formula is C27H28N8O3. The van der Waals surface area contributed by atoms with Crippen LogP contribution >= 0.6 is 0 Å². The van der Waals surface area contributed by atoms with E-state index in [1.807, 2.05) is 44.2 Å². The molecule has 0 bridgehead atoms. The molecule has 0 unspecified atom stereocenters. The van der Waals surface area contributed by atoms with Crippen molar-refractivity contribution < 1.29 is 14.6 Å². The average Bonchev–Trinajstić information content (AvgIpc) is 3.37. The van der Waals surface area contributed by atoms with Gasteiger partial charge in [0.15, 0.2) is 0 Å². The number of ether oxygens (including phenoxy) is 1. The maximum Gasteiger partial charge on any atom is 0.304 e. The maximum absolute atomic E-state index is 11.3. The van der Waals surface area contributed by atoms with Gasteiger partial charge in [-0.1, -0.05) is 37.3 Å². The van der Waals surface area contributed by atoms with Crippen LogP contribution in [0.5, 0.6) is 0 Å². The minimum atomic E-state index is -0.872. The summed E-state index contributed by atoms with van der Waals surface area (Å²) >= 11 is 0. The van der Waals surface area contributed by atoms with Crippen molar-refractivity contribution in [3.8, 4) is 28.7 Å². The number of carbonyl (C=O) groups is 1. The Morgan fingerprint density at radius 2 is 1.89 bits per heavy atom. The first-order chi connectivity index (χ1) is 18.3. The summed E-state index contributed by atoms with van der Waals surface area (Å²) in [5, 5.41) is 30.3. The second-order valence-corrected chi connectivity index (χ2v) is 9.34. The monoisotopic (exact) mass is 512 g/mol. The summed E-state index contributed by atoms with van der Waals surface area (Å²) in [5.41, 5.74) is 3.87. The number of nitrogens with zero attached hydrogens (tertiary/aromatic N) is 7. The predicted molar refractivity (Wildman–Crippen MR) is 140 cm³/mol. The van der Waals surface area contributed by atoms with Crippen LogP contribution in [0, 0.1) is 11.3 Å². The molecular weight excluding hydrogens is 484 g/mol. The molecule has 194 valence electrons. The van der Waals surface area contributed by atoms with E-state index < -0.39 is 11.4 Å². The van der Waals surface area contributed by atoms with Gasteiger partial charge in [-0.3, -0.25) is 9.78 Å². The zero-order chi connectivity index (χ0) is 27.1. The van der Waals surface area contributed by atoms with Crippen molar-refractivity contribution >= 4 is 11.9 Å². The zero-order valence-corrected chi connectivity index (χ0v) is 21.4. The fraction of sp³-hybridized carbons (Fsp3) is 0.296. The van der Waals surface area contributed by atoms with Crippen molar-refractivity contribution in [1.82, 2.24) is 29.9 Å². The molecule has 0 aliphatic rings. The van der Waals surface area contributed by atoms with Gasteiger partial charge in [0.25, 0.3) is 0 Å². The standard InChI is InChI=1S/C27H28N8O3/c1-27(2,14-25(36)37)24-9-5-8-20(30-24)16-35-17-23(33-34-35)22-13-21(19-7-4-6-18(12-19)15-28)31-26(32-22)29-10-11-38-3/h4-9,12-13,17H,10-11,14,16H2,1-3H3,(H,36,37)(H,29,31,32). The van der Waals surface area contributed by atoms with Crippen LogP contribution in [-0.4, -0.2) is 61.3 Å². The van der Waals surface area contributed by atoms with Crippen molar-refractivity contribution in [2.75, 3.05) is 25.6 Å². The van der Waals surface area contributed by atoms with E-state index in [-0.39, 0.29) is 6.42 Å². The number of methoxy groups -OCH3 is 1. The van der Waals surface area contributed by atoms with Gasteiger partial charge in [0, 0.05) is 30.3 Å². The Kier molecular flexibility index (Phi) is 8.03. The fourth-order valence-corrected chi connectivity index (χ4v) is 3.89. The highest BCUT2D eigenvalue weighted by atomic mass is 16.5. The number of hydrogen-bond acceptors (Lipinski definition) is 9. The molecule has 0 saturated heterocycles. The van der Waals surface area contributed by atoms with Crippen molar-refractivity contribution in [3.63, 3.8) is 0 Å². The second-order valence-electron chi connectivity index (χ2n) is 9.34. The Morgan fingerprint density at radius 3 is 2.66 bits per heavy atom. The third-order valence-electron chi connectivity index (χ3n) is 5.82.